The smallest absolute Gasteiger partial charge is 0.262 e. The molecule has 0 aliphatic heterocycles. The number of fused-ring (bicyclic) bond motifs is 2. The number of benzene rings is 3. The molecule has 6 heteroatoms. The molecule has 1 heterocycles. The summed E-state index contributed by atoms with van der Waals surface area (Å²) in [6.07, 6.45) is 0. The molecule has 0 atom stereocenters. The van der Waals surface area contributed by atoms with E-state index in [2.05, 4.69) is 5.32 Å². The van der Waals surface area contributed by atoms with Crippen LogP contribution in [-0.2, 0) is 17.9 Å². The van der Waals surface area contributed by atoms with E-state index < -0.39 is 0 Å². The van der Waals surface area contributed by atoms with Crippen molar-refractivity contribution in [3.05, 3.63) is 76.4 Å². The topological polar surface area (TPSA) is 47.6 Å². The summed E-state index contributed by atoms with van der Waals surface area (Å²) in [6.45, 7) is 0.561. The van der Waals surface area contributed by atoms with Gasteiger partial charge in [-0.2, -0.15) is 0 Å². The van der Waals surface area contributed by atoms with Gasteiger partial charge in [0.25, 0.3) is 5.91 Å². The van der Waals surface area contributed by atoms with Crippen LogP contribution in [-0.4, -0.2) is 20.1 Å². The normalized spacial score (nSPS) is 11.1. The van der Waals surface area contributed by atoms with E-state index in [0.717, 1.165) is 26.8 Å². The zero-order valence-corrected chi connectivity index (χ0v) is 16.9. The lowest BCUT2D eigenvalue weighted by Gasteiger charge is -2.08. The molecule has 0 aliphatic rings. The average Bonchev–Trinajstić information content (AvgIpc) is 3.11. The van der Waals surface area contributed by atoms with Crippen LogP contribution in [0.15, 0.2) is 54.6 Å². The Labute approximate surface area is 171 Å². The number of hydrogen-bond acceptors (Lipinski definition) is 4. The number of carbonyl (C=O) groups is 1. The lowest BCUT2D eigenvalue weighted by molar-refractivity contribution is 0.0950. The summed E-state index contributed by atoms with van der Waals surface area (Å²) >= 11 is 1.28. The number of hydrogen-bond donors (Lipinski definition) is 1. The van der Waals surface area contributed by atoms with Crippen LogP contribution in [0, 0.1) is 5.82 Å². The van der Waals surface area contributed by atoms with Crippen LogP contribution in [0.5, 0.6) is 5.75 Å². The monoisotopic (exact) mass is 409 g/mol. The molecule has 4 aromatic rings. The second-order valence-electron chi connectivity index (χ2n) is 6.69. The Bertz CT molecular complexity index is 1200. The number of nitrogens with one attached hydrogen (secondary N) is 1. The number of methoxy groups -OCH3 is 2. The van der Waals surface area contributed by atoms with Crippen molar-refractivity contribution < 1.29 is 18.7 Å². The predicted octanol–water partition coefficient (Wildman–Crippen LogP) is 5.28. The van der Waals surface area contributed by atoms with Gasteiger partial charge >= 0.3 is 0 Å². The first-order valence-electron chi connectivity index (χ1n) is 9.14. The molecule has 29 heavy (non-hydrogen) atoms. The van der Waals surface area contributed by atoms with Gasteiger partial charge in [0.1, 0.15) is 11.6 Å². The zero-order chi connectivity index (χ0) is 20.4. The first-order chi connectivity index (χ1) is 14.1. The molecule has 0 spiro atoms. The van der Waals surface area contributed by atoms with Gasteiger partial charge in [-0.15, -0.1) is 11.3 Å². The summed E-state index contributed by atoms with van der Waals surface area (Å²) in [5.74, 6) is 0.239. The summed E-state index contributed by atoms with van der Waals surface area (Å²) < 4.78 is 25.5. The Morgan fingerprint density at radius 1 is 1.07 bits per heavy atom. The van der Waals surface area contributed by atoms with Crippen molar-refractivity contribution in [1.82, 2.24) is 5.32 Å². The van der Waals surface area contributed by atoms with Crippen LogP contribution in [0.2, 0.25) is 0 Å². The predicted molar refractivity (Wildman–Crippen MR) is 114 cm³/mol. The number of ether oxygens (including phenoxy) is 2. The molecule has 4 rings (SSSR count). The van der Waals surface area contributed by atoms with Gasteiger partial charge in [0.15, 0.2) is 0 Å². The van der Waals surface area contributed by atoms with Gasteiger partial charge < -0.3 is 14.8 Å². The number of carbonyl (C=O) groups excluding carboxylic acids is 1. The summed E-state index contributed by atoms with van der Waals surface area (Å²) in [5, 5.41) is 5.55. The van der Waals surface area contributed by atoms with Crippen LogP contribution in [0.3, 0.4) is 0 Å². The van der Waals surface area contributed by atoms with Gasteiger partial charge in [0.05, 0.1) is 18.6 Å². The molecule has 148 valence electrons. The molecule has 3 aromatic carbocycles. The Morgan fingerprint density at radius 2 is 1.86 bits per heavy atom. The molecule has 1 amide bonds. The molecule has 0 unspecified atom stereocenters. The highest BCUT2D eigenvalue weighted by atomic mass is 32.1. The van der Waals surface area contributed by atoms with Crippen molar-refractivity contribution in [3.63, 3.8) is 0 Å². The van der Waals surface area contributed by atoms with Gasteiger partial charge in [-0.3, -0.25) is 4.79 Å². The molecule has 0 fully saturated rings. The van der Waals surface area contributed by atoms with Gasteiger partial charge in [0, 0.05) is 29.3 Å². The largest absolute Gasteiger partial charge is 0.497 e. The summed E-state index contributed by atoms with van der Waals surface area (Å²) in [7, 11) is 3.18. The minimum Gasteiger partial charge on any atom is -0.497 e. The van der Waals surface area contributed by atoms with E-state index in [-0.39, 0.29) is 18.3 Å². The number of rotatable bonds is 6. The van der Waals surface area contributed by atoms with E-state index in [0.29, 0.717) is 22.4 Å². The molecule has 4 nitrogen and oxygen atoms in total. The van der Waals surface area contributed by atoms with Crippen molar-refractivity contribution >= 4 is 38.1 Å². The van der Waals surface area contributed by atoms with Crippen LogP contribution in [0.1, 0.15) is 20.8 Å². The van der Waals surface area contributed by atoms with E-state index in [4.69, 9.17) is 9.47 Å². The fourth-order valence-corrected chi connectivity index (χ4v) is 4.54. The first kappa shape index (κ1) is 19.4. The highest BCUT2D eigenvalue weighted by molar-refractivity contribution is 7.21. The van der Waals surface area contributed by atoms with E-state index >= 15 is 0 Å². The third-order valence-corrected chi connectivity index (χ3v) is 6.02. The van der Waals surface area contributed by atoms with Gasteiger partial charge in [-0.25, -0.2) is 4.39 Å². The SMILES string of the molecule is COCc1c(C(=O)NCc2ccc3cc(OC)ccc3c2)sc2cccc(F)c12. The van der Waals surface area contributed by atoms with Crippen molar-refractivity contribution in [2.75, 3.05) is 14.2 Å². The van der Waals surface area contributed by atoms with Crippen molar-refractivity contribution in [2.45, 2.75) is 13.2 Å². The highest BCUT2D eigenvalue weighted by Gasteiger charge is 2.20. The Hall–Kier alpha value is -2.96. The molecule has 0 aliphatic carbocycles. The van der Waals surface area contributed by atoms with Gasteiger partial charge in [-0.1, -0.05) is 24.3 Å². The molecule has 0 radical (unpaired) electrons. The number of thiophene rings is 1. The number of halogens is 1. The standard InChI is InChI=1S/C23H20FNO3S/c1-27-13-18-21-19(24)4-3-5-20(21)29-22(18)23(26)25-12-14-6-7-16-11-17(28-2)9-8-15(16)10-14/h3-11H,12-13H2,1-2H3,(H,25,26). The molecule has 1 N–H and O–H groups in total. The highest BCUT2D eigenvalue weighted by Crippen LogP contribution is 2.33. The maximum atomic E-state index is 14.3. The van der Waals surface area contributed by atoms with Crippen molar-refractivity contribution in [2.24, 2.45) is 0 Å². The Kier molecular flexibility index (Phi) is 5.47. The Balaban J connectivity index is 1.57. The minimum absolute atomic E-state index is 0.182. The molecule has 0 saturated heterocycles. The molecular formula is C23H20FNO3S. The van der Waals surface area contributed by atoms with Crippen LogP contribution in [0.4, 0.5) is 4.39 Å². The fraction of sp³-hybridized carbons (Fsp3) is 0.174. The summed E-state index contributed by atoms with van der Waals surface area (Å²) in [5.41, 5.74) is 1.57. The van der Waals surface area contributed by atoms with Crippen LogP contribution < -0.4 is 10.1 Å². The van der Waals surface area contributed by atoms with E-state index in [1.165, 1.54) is 24.5 Å². The van der Waals surface area contributed by atoms with Gasteiger partial charge in [0.2, 0.25) is 0 Å². The first-order valence-corrected chi connectivity index (χ1v) is 9.96. The lowest BCUT2D eigenvalue weighted by Crippen LogP contribution is -2.23. The average molecular weight is 409 g/mol. The molecule has 0 saturated carbocycles. The van der Waals surface area contributed by atoms with Crippen LogP contribution >= 0.6 is 11.3 Å². The summed E-state index contributed by atoms with van der Waals surface area (Å²) in [6, 6.07) is 16.8. The van der Waals surface area contributed by atoms with Crippen molar-refractivity contribution in [3.8, 4) is 5.75 Å². The second kappa shape index (κ2) is 8.19. The third-order valence-electron chi connectivity index (χ3n) is 4.82. The lowest BCUT2D eigenvalue weighted by atomic mass is 10.1. The fourth-order valence-electron chi connectivity index (χ4n) is 3.41. The van der Waals surface area contributed by atoms with E-state index in [1.807, 2.05) is 42.5 Å². The van der Waals surface area contributed by atoms with E-state index in [9.17, 15) is 9.18 Å². The van der Waals surface area contributed by atoms with E-state index in [1.54, 1.807) is 13.2 Å². The second-order valence-corrected chi connectivity index (χ2v) is 7.74. The number of amides is 1. The van der Waals surface area contributed by atoms with Crippen molar-refractivity contribution in [1.29, 1.82) is 0 Å². The molecule has 0 bridgehead atoms. The zero-order valence-electron chi connectivity index (χ0n) is 16.1. The molecule has 1 aromatic heterocycles. The minimum atomic E-state index is -0.338. The third kappa shape index (κ3) is 3.81. The summed E-state index contributed by atoms with van der Waals surface area (Å²) in [4.78, 5) is 13.3. The maximum absolute atomic E-state index is 14.3. The maximum Gasteiger partial charge on any atom is 0.262 e. The Morgan fingerprint density at radius 3 is 2.66 bits per heavy atom. The van der Waals surface area contributed by atoms with Gasteiger partial charge in [-0.05, 0) is 46.7 Å². The van der Waals surface area contributed by atoms with Crippen LogP contribution in [0.25, 0.3) is 20.9 Å². The quantitative estimate of drug-likeness (QED) is 0.471. The molecular weight excluding hydrogens is 389 g/mol.